The van der Waals surface area contributed by atoms with Crippen LogP contribution in [-0.2, 0) is 0 Å². The van der Waals surface area contributed by atoms with Crippen molar-refractivity contribution in [2.75, 3.05) is 5.73 Å². The molecule has 16 heavy (non-hydrogen) atoms. The zero-order chi connectivity index (χ0) is 11.7. The van der Waals surface area contributed by atoms with Crippen LogP contribution in [0.3, 0.4) is 0 Å². The summed E-state index contributed by atoms with van der Waals surface area (Å²) < 4.78 is 13.2. The summed E-state index contributed by atoms with van der Waals surface area (Å²) in [5.74, 6) is -0.570. The third-order valence-corrected chi connectivity index (χ3v) is 2.37. The lowest BCUT2D eigenvalue weighted by Gasteiger charge is -2.06. The number of hydrogen-bond donors (Lipinski definition) is 2. The van der Waals surface area contributed by atoms with Gasteiger partial charge in [0.1, 0.15) is 5.82 Å². The molecule has 1 aromatic carbocycles. The fourth-order valence-corrected chi connectivity index (χ4v) is 1.56. The Morgan fingerprint density at radius 3 is 2.62 bits per heavy atom. The van der Waals surface area contributed by atoms with Crippen LogP contribution in [-0.4, -0.2) is 10.1 Å². The van der Waals surface area contributed by atoms with Gasteiger partial charge in [-0.05, 0) is 36.8 Å². The number of halogens is 1. The molecule has 0 saturated heterocycles. The fraction of sp³-hybridized carbons (Fsp3) is 0.0833. The maximum Gasteiger partial charge on any atom is 0.165 e. The molecular weight excluding hydrogens is 207 g/mol. The lowest BCUT2D eigenvalue weighted by Crippen LogP contribution is -1.94. The van der Waals surface area contributed by atoms with Crippen molar-refractivity contribution in [1.29, 1.82) is 0 Å². The monoisotopic (exact) mass is 218 g/mol. The van der Waals surface area contributed by atoms with Gasteiger partial charge in [-0.1, -0.05) is 6.07 Å². The van der Waals surface area contributed by atoms with Crippen molar-refractivity contribution in [3.05, 3.63) is 41.8 Å². The predicted molar refractivity (Wildman–Crippen MR) is 60.4 cm³/mol. The van der Waals surface area contributed by atoms with Crippen molar-refractivity contribution in [2.24, 2.45) is 0 Å². The summed E-state index contributed by atoms with van der Waals surface area (Å²) in [7, 11) is 0. The van der Waals surface area contributed by atoms with Crippen LogP contribution in [0.5, 0.6) is 5.75 Å². The van der Waals surface area contributed by atoms with Crippen LogP contribution in [0.25, 0.3) is 11.1 Å². The third-order valence-electron chi connectivity index (χ3n) is 2.37. The van der Waals surface area contributed by atoms with Crippen molar-refractivity contribution < 1.29 is 9.50 Å². The van der Waals surface area contributed by atoms with Gasteiger partial charge in [0.05, 0.1) is 0 Å². The molecule has 0 unspecified atom stereocenters. The van der Waals surface area contributed by atoms with E-state index in [0.717, 1.165) is 11.3 Å². The molecule has 2 aromatic rings. The van der Waals surface area contributed by atoms with Gasteiger partial charge in [0.2, 0.25) is 0 Å². The summed E-state index contributed by atoms with van der Waals surface area (Å²) in [5, 5.41) is 9.09. The molecule has 0 fully saturated rings. The number of phenolic OH excluding ortho intramolecular Hbond substituents is 1. The highest BCUT2D eigenvalue weighted by Crippen LogP contribution is 2.26. The molecule has 0 saturated carbocycles. The van der Waals surface area contributed by atoms with Crippen molar-refractivity contribution in [1.82, 2.24) is 4.98 Å². The van der Waals surface area contributed by atoms with E-state index in [1.807, 2.05) is 0 Å². The molecule has 0 spiro atoms. The van der Waals surface area contributed by atoms with Crippen LogP contribution >= 0.6 is 0 Å². The first kappa shape index (κ1) is 10.4. The lowest BCUT2D eigenvalue weighted by atomic mass is 10.0. The number of aromatic hydroxyl groups is 1. The van der Waals surface area contributed by atoms with Crippen molar-refractivity contribution in [3.63, 3.8) is 0 Å². The first-order chi connectivity index (χ1) is 7.58. The van der Waals surface area contributed by atoms with E-state index in [1.165, 1.54) is 12.1 Å². The number of hydrogen-bond acceptors (Lipinski definition) is 3. The summed E-state index contributed by atoms with van der Waals surface area (Å²) >= 11 is 0. The maximum atomic E-state index is 13.2. The first-order valence-corrected chi connectivity index (χ1v) is 4.80. The Morgan fingerprint density at radius 1 is 1.25 bits per heavy atom. The van der Waals surface area contributed by atoms with Gasteiger partial charge in [-0.3, -0.25) is 0 Å². The molecule has 3 nitrogen and oxygen atoms in total. The predicted octanol–water partition coefficient (Wildman–Crippen LogP) is 2.48. The third kappa shape index (κ3) is 1.82. The molecule has 4 heteroatoms. The van der Waals surface area contributed by atoms with Gasteiger partial charge in [-0.15, -0.1) is 0 Å². The van der Waals surface area contributed by atoms with Gasteiger partial charge in [0.15, 0.2) is 11.6 Å². The second-order valence-corrected chi connectivity index (χ2v) is 3.54. The van der Waals surface area contributed by atoms with Gasteiger partial charge in [0, 0.05) is 11.3 Å². The molecule has 1 aromatic heterocycles. The molecule has 0 amide bonds. The van der Waals surface area contributed by atoms with Crippen molar-refractivity contribution >= 4 is 5.82 Å². The molecule has 0 aliphatic heterocycles. The van der Waals surface area contributed by atoms with Crippen molar-refractivity contribution in [2.45, 2.75) is 6.92 Å². The highest BCUT2D eigenvalue weighted by atomic mass is 19.1. The quantitative estimate of drug-likeness (QED) is 0.773. The summed E-state index contributed by atoms with van der Waals surface area (Å²) in [6.07, 6.45) is 0. The number of rotatable bonds is 1. The van der Waals surface area contributed by atoms with Gasteiger partial charge in [0.25, 0.3) is 0 Å². The molecule has 0 aliphatic carbocycles. The van der Waals surface area contributed by atoms with Gasteiger partial charge in [-0.25, -0.2) is 9.37 Å². The molecular formula is C12H11FN2O. The standard InChI is InChI=1S/C12H11FN2O/c1-7-9(3-5-12(14)15-7)8-2-4-11(16)10(13)6-8/h2-6,16H,1H3,(H2,14,15). The average molecular weight is 218 g/mol. The van der Waals surface area contributed by atoms with E-state index in [0.29, 0.717) is 11.4 Å². The molecule has 0 atom stereocenters. The number of nitrogens with two attached hydrogens (primary N) is 1. The Hall–Kier alpha value is -2.10. The number of anilines is 1. The number of nitrogens with zero attached hydrogens (tertiary/aromatic N) is 1. The van der Waals surface area contributed by atoms with E-state index >= 15 is 0 Å². The number of pyridine rings is 1. The zero-order valence-corrected chi connectivity index (χ0v) is 8.74. The van der Waals surface area contributed by atoms with E-state index in [-0.39, 0.29) is 5.75 Å². The van der Waals surface area contributed by atoms with Crippen LogP contribution in [0.15, 0.2) is 30.3 Å². The van der Waals surface area contributed by atoms with E-state index < -0.39 is 5.82 Å². The summed E-state index contributed by atoms with van der Waals surface area (Å²) in [5.41, 5.74) is 7.73. The van der Waals surface area contributed by atoms with E-state index in [2.05, 4.69) is 4.98 Å². The normalized spacial score (nSPS) is 10.4. The number of benzene rings is 1. The second-order valence-electron chi connectivity index (χ2n) is 3.54. The molecule has 3 N–H and O–H groups in total. The Kier molecular flexibility index (Phi) is 2.48. The van der Waals surface area contributed by atoms with E-state index in [9.17, 15) is 4.39 Å². The minimum atomic E-state index is -0.645. The number of phenols is 1. The second kappa shape index (κ2) is 3.81. The van der Waals surface area contributed by atoms with Gasteiger partial charge in [-0.2, -0.15) is 0 Å². The van der Waals surface area contributed by atoms with E-state index in [1.54, 1.807) is 25.1 Å². The molecule has 2 rings (SSSR count). The maximum absolute atomic E-state index is 13.2. The fourth-order valence-electron chi connectivity index (χ4n) is 1.56. The van der Waals surface area contributed by atoms with Crippen LogP contribution in [0, 0.1) is 12.7 Å². The largest absolute Gasteiger partial charge is 0.505 e. The molecule has 82 valence electrons. The van der Waals surface area contributed by atoms with Crippen LogP contribution in [0.1, 0.15) is 5.69 Å². The zero-order valence-electron chi connectivity index (χ0n) is 8.74. The topological polar surface area (TPSA) is 59.1 Å². The van der Waals surface area contributed by atoms with Crippen LogP contribution in [0.2, 0.25) is 0 Å². The van der Waals surface area contributed by atoms with E-state index in [4.69, 9.17) is 10.8 Å². The molecule has 0 aliphatic rings. The van der Waals surface area contributed by atoms with Gasteiger partial charge < -0.3 is 10.8 Å². The lowest BCUT2D eigenvalue weighted by molar-refractivity contribution is 0.432. The Balaban J connectivity index is 2.54. The first-order valence-electron chi connectivity index (χ1n) is 4.80. The number of aryl methyl sites for hydroxylation is 1. The summed E-state index contributed by atoms with van der Waals surface area (Å²) in [6, 6.07) is 7.67. The number of aromatic nitrogens is 1. The SMILES string of the molecule is Cc1nc(N)ccc1-c1ccc(O)c(F)c1. The average Bonchev–Trinajstić information content (AvgIpc) is 2.22. The Labute approximate surface area is 92.4 Å². The summed E-state index contributed by atoms with van der Waals surface area (Å²) in [6.45, 7) is 1.80. The highest BCUT2D eigenvalue weighted by molar-refractivity contribution is 5.67. The molecule has 0 radical (unpaired) electrons. The summed E-state index contributed by atoms with van der Waals surface area (Å²) in [4.78, 5) is 4.09. The minimum Gasteiger partial charge on any atom is -0.505 e. The Bertz CT molecular complexity index is 541. The van der Waals surface area contributed by atoms with Crippen LogP contribution < -0.4 is 5.73 Å². The van der Waals surface area contributed by atoms with Crippen molar-refractivity contribution in [3.8, 4) is 16.9 Å². The Morgan fingerprint density at radius 2 is 2.00 bits per heavy atom. The smallest absolute Gasteiger partial charge is 0.165 e. The number of nitrogen functional groups attached to an aromatic ring is 1. The minimum absolute atomic E-state index is 0.357. The van der Waals surface area contributed by atoms with Gasteiger partial charge >= 0.3 is 0 Å². The van der Waals surface area contributed by atoms with Crippen LogP contribution in [0.4, 0.5) is 10.2 Å². The molecule has 0 bridgehead atoms. The highest BCUT2D eigenvalue weighted by Gasteiger charge is 2.06. The molecule has 1 heterocycles.